The maximum absolute atomic E-state index is 13.0. The minimum absolute atomic E-state index is 0.100. The molecule has 2 aliphatic heterocycles. The Morgan fingerprint density at radius 1 is 1.26 bits per heavy atom. The van der Waals surface area contributed by atoms with Crippen LogP contribution < -0.4 is 10.2 Å². The molecule has 0 atom stereocenters. The Balaban J connectivity index is 1.80. The number of carbonyl (C=O) groups excluding carboxylic acids is 2. The molecule has 0 radical (unpaired) electrons. The molecule has 31 heavy (non-hydrogen) atoms. The summed E-state index contributed by atoms with van der Waals surface area (Å²) >= 11 is 5.66. The van der Waals surface area contributed by atoms with E-state index in [0.29, 0.717) is 30.4 Å². The van der Waals surface area contributed by atoms with Crippen molar-refractivity contribution >= 4 is 47.2 Å². The van der Waals surface area contributed by atoms with E-state index in [9.17, 15) is 9.59 Å². The number of hydrogen-bond acceptors (Lipinski definition) is 5. The van der Waals surface area contributed by atoms with Crippen LogP contribution >= 0.6 is 11.6 Å². The summed E-state index contributed by atoms with van der Waals surface area (Å²) in [5.41, 5.74) is 3.23. The number of nitrogens with zero attached hydrogens (tertiary/aromatic N) is 4. The third kappa shape index (κ3) is 6.15. The molecule has 0 saturated carbocycles. The van der Waals surface area contributed by atoms with Crippen LogP contribution in [0.2, 0.25) is 0 Å². The van der Waals surface area contributed by atoms with Gasteiger partial charge in [0.1, 0.15) is 18.1 Å². The number of carbonyl (C=O) groups is 2. The monoisotopic (exact) mass is 439 g/mol. The van der Waals surface area contributed by atoms with E-state index in [1.165, 1.54) is 4.90 Å². The number of rotatable bonds is 9. The fourth-order valence-electron chi connectivity index (χ4n) is 3.02. The number of amides is 2. The number of halogens is 1. The fourth-order valence-corrected chi connectivity index (χ4v) is 3.15. The highest BCUT2D eigenvalue weighted by atomic mass is 35.5. The van der Waals surface area contributed by atoms with Gasteiger partial charge in [0.05, 0.1) is 0 Å². The van der Waals surface area contributed by atoms with Crippen molar-refractivity contribution in [3.8, 4) is 0 Å². The molecule has 0 bridgehead atoms. The molecule has 8 heteroatoms. The van der Waals surface area contributed by atoms with Gasteiger partial charge in [-0.2, -0.15) is 0 Å². The molecule has 7 nitrogen and oxygen atoms in total. The molecule has 0 aliphatic carbocycles. The Hall–Kier alpha value is -3.19. The first-order chi connectivity index (χ1) is 15.0. The summed E-state index contributed by atoms with van der Waals surface area (Å²) in [6.07, 6.45) is 10.3. The third-order valence-electron chi connectivity index (χ3n) is 4.74. The highest BCUT2D eigenvalue weighted by molar-refractivity contribution is 6.19. The minimum Gasteiger partial charge on any atom is -0.378 e. The molecule has 0 fully saturated rings. The van der Waals surface area contributed by atoms with E-state index in [1.54, 1.807) is 18.4 Å². The zero-order chi connectivity index (χ0) is 22.2. The molecule has 0 unspecified atom stereocenters. The summed E-state index contributed by atoms with van der Waals surface area (Å²) in [4.78, 5) is 37.3. The van der Waals surface area contributed by atoms with Crippen LogP contribution in [0.4, 0.5) is 5.69 Å². The van der Waals surface area contributed by atoms with Gasteiger partial charge in [0, 0.05) is 51.0 Å². The van der Waals surface area contributed by atoms with Crippen LogP contribution in [0.25, 0.3) is 6.08 Å². The normalized spacial score (nSPS) is 16.9. The molecule has 1 N–H and O–H groups in total. The number of nitrogens with one attached hydrogen (secondary N) is 1. The maximum atomic E-state index is 13.0. The van der Waals surface area contributed by atoms with Crippen molar-refractivity contribution in [3.63, 3.8) is 0 Å². The molecule has 3 rings (SSSR count). The summed E-state index contributed by atoms with van der Waals surface area (Å²) in [7, 11) is 3.94. The Bertz CT molecular complexity index is 974. The van der Waals surface area contributed by atoms with E-state index >= 15 is 0 Å². The van der Waals surface area contributed by atoms with Crippen molar-refractivity contribution < 1.29 is 9.59 Å². The van der Waals surface area contributed by atoms with Crippen LogP contribution in [0.3, 0.4) is 0 Å². The van der Waals surface area contributed by atoms with Crippen molar-refractivity contribution in [1.82, 2.24) is 10.2 Å². The Kier molecular flexibility index (Phi) is 7.78. The standard InChI is InChI=1S/C23H26ClN5O2/c1-28(2)19-7-4-17(5-8-19)14-20-23(31)29(16-22(30)26-12-3-11-24)21(27-20)9-6-18-10-13-25-15-18/h4-9,13-15H,3,10-12,16H2,1-2H3,(H,26,30)/b9-6+,20-14+. The number of alkyl halides is 1. The van der Waals surface area contributed by atoms with Crippen molar-refractivity contribution in [2.45, 2.75) is 12.8 Å². The molecule has 1 aromatic rings. The predicted molar refractivity (Wildman–Crippen MR) is 127 cm³/mol. The van der Waals surface area contributed by atoms with Gasteiger partial charge in [0.25, 0.3) is 5.91 Å². The van der Waals surface area contributed by atoms with Crippen LogP contribution in [0.5, 0.6) is 0 Å². The van der Waals surface area contributed by atoms with Crippen LogP contribution in [0.1, 0.15) is 18.4 Å². The first-order valence-corrected chi connectivity index (χ1v) is 10.6. The van der Waals surface area contributed by atoms with Gasteiger partial charge in [0.2, 0.25) is 5.91 Å². The van der Waals surface area contributed by atoms with Gasteiger partial charge in [-0.15, -0.1) is 11.6 Å². The highest BCUT2D eigenvalue weighted by Crippen LogP contribution is 2.21. The number of allylic oxidation sites excluding steroid dienone is 2. The first kappa shape index (κ1) is 22.5. The molecule has 2 amide bonds. The summed E-state index contributed by atoms with van der Waals surface area (Å²) < 4.78 is 0. The predicted octanol–water partition coefficient (Wildman–Crippen LogP) is 2.99. The van der Waals surface area contributed by atoms with Crippen molar-refractivity contribution in [2.24, 2.45) is 9.98 Å². The van der Waals surface area contributed by atoms with Crippen molar-refractivity contribution in [1.29, 1.82) is 0 Å². The molecule has 2 heterocycles. The number of amidine groups is 1. The lowest BCUT2D eigenvalue weighted by atomic mass is 10.1. The van der Waals surface area contributed by atoms with Crippen molar-refractivity contribution in [2.75, 3.05) is 38.0 Å². The molecule has 0 aromatic heterocycles. The SMILES string of the molecule is CN(C)c1ccc(/C=C2N=C(/C=C/C3=CN=CC3)N(CC(=O)NCCCCl)C/2=O)cc1. The zero-order valence-corrected chi connectivity index (χ0v) is 18.5. The van der Waals surface area contributed by atoms with E-state index in [0.717, 1.165) is 23.2 Å². The number of hydrogen-bond donors (Lipinski definition) is 1. The molecule has 1 aromatic carbocycles. The second-order valence-electron chi connectivity index (χ2n) is 7.34. The summed E-state index contributed by atoms with van der Waals surface area (Å²) in [5.74, 6) is 0.344. The highest BCUT2D eigenvalue weighted by Gasteiger charge is 2.30. The summed E-state index contributed by atoms with van der Waals surface area (Å²) in [6.45, 7) is 0.370. The van der Waals surface area contributed by atoms with E-state index in [-0.39, 0.29) is 18.4 Å². The fraction of sp³-hybridized carbons (Fsp3) is 0.304. The quantitative estimate of drug-likeness (QED) is 0.365. The first-order valence-electron chi connectivity index (χ1n) is 10.1. The average molecular weight is 440 g/mol. The third-order valence-corrected chi connectivity index (χ3v) is 5.01. The maximum Gasteiger partial charge on any atom is 0.278 e. The lowest BCUT2D eigenvalue weighted by Gasteiger charge is -2.16. The number of aliphatic imine (C=N–C) groups is 2. The van der Waals surface area contributed by atoms with E-state index < -0.39 is 0 Å². The van der Waals surface area contributed by atoms with Gasteiger partial charge in [-0.05, 0) is 41.8 Å². The van der Waals surface area contributed by atoms with E-state index in [4.69, 9.17) is 11.6 Å². The van der Waals surface area contributed by atoms with Crippen LogP contribution in [-0.2, 0) is 9.59 Å². The Morgan fingerprint density at radius 2 is 2.03 bits per heavy atom. The van der Waals surface area contributed by atoms with E-state index in [2.05, 4.69) is 15.3 Å². The van der Waals surface area contributed by atoms with Gasteiger partial charge in [-0.3, -0.25) is 19.5 Å². The molecular weight excluding hydrogens is 414 g/mol. The van der Waals surface area contributed by atoms with Gasteiger partial charge < -0.3 is 10.2 Å². The van der Waals surface area contributed by atoms with Crippen LogP contribution in [0.15, 0.2) is 63.9 Å². The topological polar surface area (TPSA) is 77.4 Å². The number of benzene rings is 1. The smallest absolute Gasteiger partial charge is 0.278 e. The van der Waals surface area contributed by atoms with E-state index in [1.807, 2.05) is 55.6 Å². The summed E-state index contributed by atoms with van der Waals surface area (Å²) in [6, 6.07) is 7.82. The lowest BCUT2D eigenvalue weighted by molar-refractivity contribution is -0.129. The van der Waals surface area contributed by atoms with Crippen LogP contribution in [-0.4, -0.2) is 61.8 Å². The Labute approximate surface area is 187 Å². The van der Waals surface area contributed by atoms with Gasteiger partial charge in [0.15, 0.2) is 0 Å². The summed E-state index contributed by atoms with van der Waals surface area (Å²) in [5, 5.41) is 2.78. The second kappa shape index (κ2) is 10.7. The van der Waals surface area contributed by atoms with Crippen molar-refractivity contribution in [3.05, 3.63) is 59.5 Å². The zero-order valence-electron chi connectivity index (χ0n) is 17.7. The van der Waals surface area contributed by atoms with Gasteiger partial charge in [-0.25, -0.2) is 4.99 Å². The Morgan fingerprint density at radius 3 is 2.68 bits per heavy atom. The molecule has 162 valence electrons. The minimum atomic E-state index is -0.305. The average Bonchev–Trinajstić information content (AvgIpc) is 3.37. The molecule has 0 spiro atoms. The molecule has 0 saturated heterocycles. The molecule has 2 aliphatic rings. The lowest BCUT2D eigenvalue weighted by Crippen LogP contribution is -2.41. The van der Waals surface area contributed by atoms with Crippen LogP contribution in [0, 0.1) is 0 Å². The van der Waals surface area contributed by atoms with Gasteiger partial charge in [-0.1, -0.05) is 18.2 Å². The number of anilines is 1. The van der Waals surface area contributed by atoms with Gasteiger partial charge >= 0.3 is 0 Å². The second-order valence-corrected chi connectivity index (χ2v) is 7.72. The molecular formula is C23H26ClN5O2. The largest absolute Gasteiger partial charge is 0.378 e.